The summed E-state index contributed by atoms with van der Waals surface area (Å²) < 4.78 is 10.8. The second-order valence-corrected chi connectivity index (χ2v) is 6.80. The van der Waals surface area contributed by atoms with Crippen LogP contribution >= 0.6 is 11.6 Å². The molecule has 0 aliphatic rings. The molecule has 27 heavy (non-hydrogen) atoms. The van der Waals surface area contributed by atoms with Crippen LogP contribution < -0.4 is 9.47 Å². The molecule has 0 spiro atoms. The van der Waals surface area contributed by atoms with Gasteiger partial charge in [-0.15, -0.1) is 0 Å². The number of hydrogen-bond acceptors (Lipinski definition) is 5. The molecule has 6 heteroatoms. The van der Waals surface area contributed by atoms with Crippen LogP contribution in [0.3, 0.4) is 0 Å². The van der Waals surface area contributed by atoms with Gasteiger partial charge in [-0.3, -0.25) is 4.90 Å². The number of aliphatic hydroxyl groups excluding tert-OH is 1. The van der Waals surface area contributed by atoms with Crippen LogP contribution in [0, 0.1) is 0 Å². The molecule has 1 aromatic heterocycles. The van der Waals surface area contributed by atoms with E-state index in [-0.39, 0.29) is 6.61 Å². The first-order chi connectivity index (χ1) is 13.0. The molecular weight excluding hydrogens is 364 g/mol. The fourth-order valence-electron chi connectivity index (χ4n) is 3.09. The van der Waals surface area contributed by atoms with Gasteiger partial charge in [0.1, 0.15) is 0 Å². The van der Waals surface area contributed by atoms with Gasteiger partial charge in [0.05, 0.1) is 32.0 Å². The first-order valence-electron chi connectivity index (χ1n) is 8.66. The highest BCUT2D eigenvalue weighted by molar-refractivity contribution is 6.30. The smallest absolute Gasteiger partial charge is 0.162 e. The summed E-state index contributed by atoms with van der Waals surface area (Å²) in [6.45, 7) is 1.34. The van der Waals surface area contributed by atoms with Gasteiger partial charge in [0.2, 0.25) is 0 Å². The zero-order valence-corrected chi connectivity index (χ0v) is 16.5. The van der Waals surface area contributed by atoms with Gasteiger partial charge in [-0.25, -0.2) is 4.98 Å². The minimum Gasteiger partial charge on any atom is -0.493 e. The predicted octanol–water partition coefficient (Wildman–Crippen LogP) is 4.00. The summed E-state index contributed by atoms with van der Waals surface area (Å²) in [5.74, 6) is 1.30. The molecule has 0 aliphatic carbocycles. The minimum atomic E-state index is 0.106. The highest BCUT2D eigenvalue weighted by Gasteiger charge is 2.14. The number of aliphatic hydroxyl groups is 1. The maximum absolute atomic E-state index is 9.23. The van der Waals surface area contributed by atoms with Crippen molar-refractivity contribution in [1.82, 2.24) is 9.88 Å². The zero-order chi connectivity index (χ0) is 19.4. The second-order valence-electron chi connectivity index (χ2n) is 6.37. The fourth-order valence-corrected chi connectivity index (χ4v) is 3.28. The lowest BCUT2D eigenvalue weighted by Crippen LogP contribution is -2.22. The van der Waals surface area contributed by atoms with Crippen molar-refractivity contribution in [3.8, 4) is 22.8 Å². The van der Waals surface area contributed by atoms with E-state index in [2.05, 4.69) is 11.0 Å². The van der Waals surface area contributed by atoms with Crippen LogP contribution in [-0.4, -0.2) is 49.4 Å². The topological polar surface area (TPSA) is 54.8 Å². The number of likely N-dealkylation sites (N-methyl/N-ethyl adjacent to an activating group) is 1. The first-order valence-corrected chi connectivity index (χ1v) is 9.04. The molecular formula is C21H23ClN2O3. The third-order valence-corrected chi connectivity index (χ3v) is 4.65. The molecule has 0 bridgehead atoms. The van der Waals surface area contributed by atoms with Gasteiger partial charge in [-0.2, -0.15) is 0 Å². The summed E-state index contributed by atoms with van der Waals surface area (Å²) in [5.41, 5.74) is 3.68. The monoisotopic (exact) mass is 386 g/mol. The van der Waals surface area contributed by atoms with Gasteiger partial charge in [-0.1, -0.05) is 23.7 Å². The van der Waals surface area contributed by atoms with Gasteiger partial charge in [0.25, 0.3) is 0 Å². The van der Waals surface area contributed by atoms with Crippen molar-refractivity contribution in [1.29, 1.82) is 0 Å². The van der Waals surface area contributed by atoms with E-state index in [9.17, 15) is 5.11 Å². The summed E-state index contributed by atoms with van der Waals surface area (Å²) in [7, 11) is 5.20. The van der Waals surface area contributed by atoms with Gasteiger partial charge in [0.15, 0.2) is 11.5 Å². The molecule has 0 fully saturated rings. The number of methoxy groups -OCH3 is 2. The number of aromatic nitrogens is 1. The Balaban J connectivity index is 2.19. The molecule has 2 aromatic carbocycles. The number of ether oxygens (including phenoxy) is 2. The molecule has 5 nitrogen and oxygen atoms in total. The summed E-state index contributed by atoms with van der Waals surface area (Å²) >= 11 is 6.20. The Labute approximate surface area is 164 Å². The number of nitrogens with zero attached hydrogens (tertiary/aromatic N) is 2. The number of hydrogen-bond donors (Lipinski definition) is 1. The van der Waals surface area contributed by atoms with Crippen LogP contribution in [0.5, 0.6) is 11.5 Å². The number of fused-ring (bicyclic) bond motifs is 1. The van der Waals surface area contributed by atoms with Crippen LogP contribution in [0.25, 0.3) is 22.2 Å². The van der Waals surface area contributed by atoms with Crippen LogP contribution in [0.2, 0.25) is 5.02 Å². The van der Waals surface area contributed by atoms with Crippen molar-refractivity contribution in [3.63, 3.8) is 0 Å². The molecule has 3 aromatic rings. The Hall–Kier alpha value is -2.34. The van der Waals surface area contributed by atoms with Crippen LogP contribution in [0.15, 0.2) is 42.5 Å². The zero-order valence-electron chi connectivity index (χ0n) is 15.7. The van der Waals surface area contributed by atoms with Crippen LogP contribution in [-0.2, 0) is 6.54 Å². The van der Waals surface area contributed by atoms with Crippen molar-refractivity contribution >= 4 is 22.5 Å². The lowest BCUT2D eigenvalue weighted by atomic mass is 10.0. The predicted molar refractivity (Wildman–Crippen MR) is 109 cm³/mol. The Morgan fingerprint density at radius 2 is 1.81 bits per heavy atom. The van der Waals surface area contributed by atoms with E-state index >= 15 is 0 Å². The minimum absolute atomic E-state index is 0.106. The van der Waals surface area contributed by atoms with Gasteiger partial charge in [-0.05, 0) is 36.9 Å². The molecule has 1 N–H and O–H groups in total. The van der Waals surface area contributed by atoms with Crippen LogP contribution in [0.1, 0.15) is 5.56 Å². The fraction of sp³-hybridized carbons (Fsp3) is 0.286. The summed E-state index contributed by atoms with van der Waals surface area (Å²) in [6, 6.07) is 13.6. The molecule has 0 saturated carbocycles. The van der Waals surface area contributed by atoms with Crippen molar-refractivity contribution in [3.05, 3.63) is 53.1 Å². The average molecular weight is 387 g/mol. The largest absolute Gasteiger partial charge is 0.493 e. The van der Waals surface area contributed by atoms with E-state index < -0.39 is 0 Å². The molecule has 0 amide bonds. The van der Waals surface area contributed by atoms with Gasteiger partial charge < -0.3 is 14.6 Å². The van der Waals surface area contributed by atoms with Gasteiger partial charge >= 0.3 is 0 Å². The quantitative estimate of drug-likeness (QED) is 0.665. The molecule has 0 saturated heterocycles. The SMILES string of the molecule is COc1cc2cc(CN(C)CCO)c(-c3cccc(Cl)c3)nc2cc1OC. The first kappa shape index (κ1) is 19.4. The Bertz CT molecular complexity index is 946. The van der Waals surface area contributed by atoms with E-state index in [1.165, 1.54) is 0 Å². The standard InChI is InChI=1S/C21H23ClN2O3/c1-24(7-8-25)13-16-9-15-11-19(26-2)20(27-3)12-18(15)23-21(16)14-5-4-6-17(22)10-14/h4-6,9-12,25H,7-8,13H2,1-3H3. The average Bonchev–Trinajstić information content (AvgIpc) is 2.66. The van der Waals surface area contributed by atoms with Crippen LogP contribution in [0.4, 0.5) is 0 Å². The molecule has 142 valence electrons. The highest BCUT2D eigenvalue weighted by Crippen LogP contribution is 2.34. The number of halogens is 1. The summed E-state index contributed by atoms with van der Waals surface area (Å²) in [6.07, 6.45) is 0. The van der Waals surface area contributed by atoms with Crippen molar-refractivity contribution in [2.45, 2.75) is 6.54 Å². The maximum atomic E-state index is 9.23. The van der Waals surface area contributed by atoms with Crippen molar-refractivity contribution < 1.29 is 14.6 Å². The van der Waals surface area contributed by atoms with Crippen molar-refractivity contribution in [2.24, 2.45) is 0 Å². The highest BCUT2D eigenvalue weighted by atomic mass is 35.5. The third-order valence-electron chi connectivity index (χ3n) is 4.42. The maximum Gasteiger partial charge on any atom is 0.162 e. The Kier molecular flexibility index (Phi) is 6.16. The summed E-state index contributed by atoms with van der Waals surface area (Å²) in [5, 5.41) is 10.9. The Morgan fingerprint density at radius 3 is 2.48 bits per heavy atom. The van der Waals surface area contributed by atoms with E-state index in [0.29, 0.717) is 29.6 Å². The van der Waals surface area contributed by atoms with E-state index in [4.69, 9.17) is 26.1 Å². The van der Waals surface area contributed by atoms with E-state index in [1.807, 2.05) is 43.4 Å². The number of benzene rings is 2. The third kappa shape index (κ3) is 4.33. The molecule has 0 atom stereocenters. The molecule has 0 aliphatic heterocycles. The lowest BCUT2D eigenvalue weighted by Gasteiger charge is -2.19. The molecule has 1 heterocycles. The van der Waals surface area contributed by atoms with Gasteiger partial charge in [0, 0.05) is 35.1 Å². The van der Waals surface area contributed by atoms with Crippen molar-refractivity contribution in [2.75, 3.05) is 34.4 Å². The molecule has 0 radical (unpaired) electrons. The molecule has 0 unspecified atom stereocenters. The summed E-state index contributed by atoms with van der Waals surface area (Å²) in [4.78, 5) is 6.95. The number of pyridine rings is 1. The number of rotatable bonds is 7. The second kappa shape index (κ2) is 8.57. The van der Waals surface area contributed by atoms with E-state index in [1.54, 1.807) is 14.2 Å². The molecule has 3 rings (SSSR count). The lowest BCUT2D eigenvalue weighted by molar-refractivity contribution is 0.217. The Morgan fingerprint density at radius 1 is 1.07 bits per heavy atom. The van der Waals surface area contributed by atoms with E-state index in [0.717, 1.165) is 27.7 Å². The normalized spacial score (nSPS) is 11.2.